The minimum atomic E-state index is -0.689. The second-order valence-corrected chi connectivity index (χ2v) is 5.50. The lowest BCUT2D eigenvalue weighted by atomic mass is 10.1. The molecule has 0 radical (unpaired) electrons. The first-order chi connectivity index (χ1) is 12.5. The molecule has 1 amide bonds. The second-order valence-electron chi connectivity index (χ2n) is 5.50. The number of hydrazone groups is 1. The number of nitrogens with one attached hydrogen (secondary N) is 1. The predicted molar refractivity (Wildman–Crippen MR) is 97.0 cm³/mol. The summed E-state index contributed by atoms with van der Waals surface area (Å²) in [6, 6.07) is 13.6. The summed E-state index contributed by atoms with van der Waals surface area (Å²) in [7, 11) is 1.54. The van der Waals surface area contributed by atoms with Crippen LogP contribution >= 0.6 is 0 Å². The molecular weight excluding hydrogens is 336 g/mol. The maximum absolute atomic E-state index is 12.1. The van der Waals surface area contributed by atoms with Crippen LogP contribution in [0.25, 0.3) is 10.8 Å². The highest BCUT2D eigenvalue weighted by Crippen LogP contribution is 2.35. The third-order valence-electron chi connectivity index (χ3n) is 3.80. The molecule has 7 nitrogen and oxygen atoms in total. The summed E-state index contributed by atoms with van der Waals surface area (Å²) >= 11 is 0. The van der Waals surface area contributed by atoms with Gasteiger partial charge in [-0.1, -0.05) is 24.3 Å². The maximum atomic E-state index is 12.1. The monoisotopic (exact) mass is 352 g/mol. The molecule has 0 bridgehead atoms. The minimum Gasteiger partial charge on any atom is -0.504 e. The van der Waals surface area contributed by atoms with E-state index in [0.29, 0.717) is 11.3 Å². The molecule has 0 aliphatic rings. The first-order valence-corrected chi connectivity index (χ1v) is 7.64. The van der Waals surface area contributed by atoms with Gasteiger partial charge >= 0.3 is 0 Å². The number of hydrogen-bond acceptors (Lipinski definition) is 6. The molecule has 0 aromatic heterocycles. The molecule has 0 unspecified atom stereocenters. The van der Waals surface area contributed by atoms with E-state index in [4.69, 9.17) is 4.74 Å². The first-order valence-electron chi connectivity index (χ1n) is 7.64. The lowest BCUT2D eigenvalue weighted by Gasteiger charge is -2.07. The smallest absolute Gasteiger partial charge is 0.271 e. The highest BCUT2D eigenvalue weighted by Gasteiger charge is 2.13. The van der Waals surface area contributed by atoms with E-state index >= 15 is 0 Å². The summed E-state index contributed by atoms with van der Waals surface area (Å²) < 4.78 is 5.34. The number of amides is 1. The van der Waals surface area contributed by atoms with Crippen LogP contribution in [0.3, 0.4) is 0 Å². The molecule has 132 valence electrons. The molecular formula is C19H16N2O5. The van der Waals surface area contributed by atoms with E-state index in [9.17, 15) is 20.1 Å². The van der Waals surface area contributed by atoms with Crippen molar-refractivity contribution in [2.45, 2.75) is 0 Å². The van der Waals surface area contributed by atoms with Crippen molar-refractivity contribution in [2.24, 2.45) is 5.10 Å². The topological polar surface area (TPSA) is 111 Å². The van der Waals surface area contributed by atoms with Gasteiger partial charge in [0.1, 0.15) is 5.75 Å². The third-order valence-corrected chi connectivity index (χ3v) is 3.80. The molecule has 0 saturated heterocycles. The zero-order valence-corrected chi connectivity index (χ0v) is 13.8. The number of hydrogen-bond donors (Lipinski definition) is 4. The van der Waals surface area contributed by atoms with Crippen molar-refractivity contribution in [3.63, 3.8) is 0 Å². The van der Waals surface area contributed by atoms with Crippen molar-refractivity contribution in [1.82, 2.24) is 5.43 Å². The standard InChI is InChI=1S/C19H16N2O5/c1-26-17-9-12-5-3-2-4-11(12)6-14(17)10-20-21-19(25)13-7-15(22)18(24)16(23)8-13/h2-10,22-24H,1H3,(H,21,25)/b20-10+. The Morgan fingerprint density at radius 2 is 1.65 bits per heavy atom. The van der Waals surface area contributed by atoms with Crippen LogP contribution in [-0.4, -0.2) is 34.6 Å². The highest BCUT2D eigenvalue weighted by molar-refractivity contribution is 5.97. The minimum absolute atomic E-state index is 0.0552. The maximum Gasteiger partial charge on any atom is 0.271 e. The predicted octanol–water partition coefficient (Wildman–Crippen LogP) is 2.73. The van der Waals surface area contributed by atoms with Crippen LogP contribution in [0.2, 0.25) is 0 Å². The number of nitrogens with zero attached hydrogens (tertiary/aromatic N) is 1. The Labute approximate surface area is 148 Å². The normalized spacial score (nSPS) is 11.0. The summed E-state index contributed by atoms with van der Waals surface area (Å²) in [4.78, 5) is 12.1. The van der Waals surface area contributed by atoms with Gasteiger partial charge in [0.15, 0.2) is 17.2 Å². The molecule has 0 spiro atoms. The van der Waals surface area contributed by atoms with Gasteiger partial charge in [-0.05, 0) is 35.0 Å². The number of aromatic hydroxyl groups is 3. The lowest BCUT2D eigenvalue weighted by molar-refractivity contribution is 0.0954. The van der Waals surface area contributed by atoms with Crippen LogP contribution in [0, 0.1) is 0 Å². The number of benzene rings is 3. The average Bonchev–Trinajstić information content (AvgIpc) is 2.64. The molecule has 0 aliphatic heterocycles. The van der Waals surface area contributed by atoms with Crippen molar-refractivity contribution in [1.29, 1.82) is 0 Å². The van der Waals surface area contributed by atoms with Crippen LogP contribution in [0.5, 0.6) is 23.0 Å². The van der Waals surface area contributed by atoms with Gasteiger partial charge in [-0.2, -0.15) is 5.10 Å². The van der Waals surface area contributed by atoms with Crippen LogP contribution in [0.1, 0.15) is 15.9 Å². The fourth-order valence-electron chi connectivity index (χ4n) is 2.47. The van der Waals surface area contributed by atoms with E-state index in [2.05, 4.69) is 10.5 Å². The average molecular weight is 352 g/mol. The zero-order chi connectivity index (χ0) is 18.7. The summed E-state index contributed by atoms with van der Waals surface area (Å²) in [6.45, 7) is 0. The van der Waals surface area contributed by atoms with E-state index in [0.717, 1.165) is 22.9 Å². The first kappa shape index (κ1) is 17.1. The van der Waals surface area contributed by atoms with E-state index in [1.807, 2.05) is 36.4 Å². The van der Waals surface area contributed by atoms with E-state index < -0.39 is 23.2 Å². The van der Waals surface area contributed by atoms with Crippen molar-refractivity contribution in [3.05, 3.63) is 59.7 Å². The van der Waals surface area contributed by atoms with Gasteiger partial charge in [0.25, 0.3) is 5.91 Å². The van der Waals surface area contributed by atoms with Gasteiger partial charge < -0.3 is 20.1 Å². The molecule has 3 aromatic rings. The molecule has 0 saturated carbocycles. The summed E-state index contributed by atoms with van der Waals surface area (Å²) in [5, 5.41) is 34.1. The van der Waals surface area contributed by atoms with Gasteiger partial charge in [-0.25, -0.2) is 5.43 Å². The quantitative estimate of drug-likeness (QED) is 0.328. The molecule has 7 heteroatoms. The molecule has 26 heavy (non-hydrogen) atoms. The Bertz CT molecular complexity index is 991. The Kier molecular flexibility index (Phi) is 4.62. The van der Waals surface area contributed by atoms with E-state index in [-0.39, 0.29) is 5.56 Å². The second kappa shape index (κ2) is 7.02. The fraction of sp³-hybridized carbons (Fsp3) is 0.0526. The van der Waals surface area contributed by atoms with Gasteiger partial charge in [0.05, 0.1) is 13.3 Å². The van der Waals surface area contributed by atoms with E-state index in [1.54, 1.807) is 7.11 Å². The Morgan fingerprint density at radius 1 is 1.04 bits per heavy atom. The Hall–Kier alpha value is -3.74. The number of fused-ring (bicyclic) bond motifs is 1. The van der Waals surface area contributed by atoms with Gasteiger partial charge in [0.2, 0.25) is 0 Å². The van der Waals surface area contributed by atoms with Crippen LogP contribution in [-0.2, 0) is 0 Å². The SMILES string of the molecule is COc1cc2ccccc2cc1/C=N/NC(=O)c1cc(O)c(O)c(O)c1. The fourth-order valence-corrected chi connectivity index (χ4v) is 2.47. The number of carbonyl (C=O) groups is 1. The highest BCUT2D eigenvalue weighted by atomic mass is 16.5. The number of phenolic OH excluding ortho intramolecular Hbond substituents is 3. The lowest BCUT2D eigenvalue weighted by Crippen LogP contribution is -2.17. The van der Waals surface area contributed by atoms with E-state index in [1.165, 1.54) is 6.21 Å². The van der Waals surface area contributed by atoms with Gasteiger partial charge in [-0.3, -0.25) is 4.79 Å². The molecule has 0 heterocycles. The van der Waals surface area contributed by atoms with Crippen LogP contribution in [0.4, 0.5) is 0 Å². The Balaban J connectivity index is 1.82. The molecule has 3 aromatic carbocycles. The largest absolute Gasteiger partial charge is 0.504 e. The molecule has 0 fully saturated rings. The van der Waals surface area contributed by atoms with Crippen molar-refractivity contribution in [3.8, 4) is 23.0 Å². The summed E-state index contributed by atoms with van der Waals surface area (Å²) in [6.07, 6.45) is 1.43. The summed E-state index contributed by atoms with van der Waals surface area (Å²) in [5.74, 6) is -1.95. The van der Waals surface area contributed by atoms with Crippen LogP contribution < -0.4 is 10.2 Å². The van der Waals surface area contributed by atoms with Gasteiger partial charge in [-0.15, -0.1) is 0 Å². The molecule has 0 atom stereocenters. The number of methoxy groups -OCH3 is 1. The van der Waals surface area contributed by atoms with Crippen LogP contribution in [0.15, 0.2) is 53.6 Å². The van der Waals surface area contributed by atoms with Gasteiger partial charge in [0, 0.05) is 11.1 Å². The number of ether oxygens (including phenoxy) is 1. The zero-order valence-electron chi connectivity index (χ0n) is 13.8. The van der Waals surface area contributed by atoms with Crippen molar-refractivity contribution < 1.29 is 24.9 Å². The van der Waals surface area contributed by atoms with Crippen molar-refractivity contribution in [2.75, 3.05) is 7.11 Å². The summed E-state index contributed by atoms with van der Waals surface area (Å²) in [5.41, 5.74) is 2.91. The van der Waals surface area contributed by atoms with Crippen molar-refractivity contribution >= 4 is 22.9 Å². The number of phenols is 3. The molecule has 3 rings (SSSR count). The molecule has 0 aliphatic carbocycles. The molecule has 4 N–H and O–H groups in total. The third kappa shape index (κ3) is 3.36. The number of carbonyl (C=O) groups excluding carboxylic acids is 1. The number of rotatable bonds is 4. The Morgan fingerprint density at radius 3 is 2.27 bits per heavy atom.